The first-order valence-corrected chi connectivity index (χ1v) is 13.1. The second-order valence-electron chi connectivity index (χ2n) is 11.3. The van der Waals surface area contributed by atoms with Crippen molar-refractivity contribution in [3.63, 3.8) is 0 Å². The standard InChI is InChI=1S/C28H39NO4S/c1-8-32-26(31)24-21-14-9-18(2)15-22(21)34-25(24)29-23(30)16-33-20-12-10-19(11-13-20)28(6,7)17-27(3,4)5/h10-13,18H,8-9,14-17H2,1-7H3,(H,29,30)/t18-/m0/s1. The number of anilines is 1. The Morgan fingerprint density at radius 3 is 2.41 bits per heavy atom. The fraction of sp³-hybridized carbons (Fsp3) is 0.571. The number of esters is 1. The predicted molar refractivity (Wildman–Crippen MR) is 139 cm³/mol. The molecule has 0 saturated carbocycles. The zero-order valence-corrected chi connectivity index (χ0v) is 22.5. The number of carbonyl (C=O) groups excluding carboxylic acids is 2. The predicted octanol–water partition coefficient (Wildman–Crippen LogP) is 6.78. The number of hydrogen-bond acceptors (Lipinski definition) is 5. The quantitative estimate of drug-likeness (QED) is 0.419. The van der Waals surface area contributed by atoms with Crippen LogP contribution in [0.5, 0.6) is 5.75 Å². The Bertz CT molecular complexity index is 1010. The molecule has 0 saturated heterocycles. The lowest BCUT2D eigenvalue weighted by atomic mass is 9.72. The summed E-state index contributed by atoms with van der Waals surface area (Å²) in [6.07, 6.45) is 3.87. The Morgan fingerprint density at radius 2 is 1.79 bits per heavy atom. The van der Waals surface area contributed by atoms with Crippen LogP contribution in [-0.4, -0.2) is 25.1 Å². The number of rotatable bonds is 8. The van der Waals surface area contributed by atoms with E-state index in [0.717, 1.165) is 31.2 Å². The van der Waals surface area contributed by atoms with E-state index in [9.17, 15) is 9.59 Å². The summed E-state index contributed by atoms with van der Waals surface area (Å²) in [6, 6.07) is 7.99. The van der Waals surface area contributed by atoms with Crippen molar-refractivity contribution in [1.82, 2.24) is 0 Å². The highest BCUT2D eigenvalue weighted by molar-refractivity contribution is 7.17. The molecule has 1 aromatic carbocycles. The minimum absolute atomic E-state index is 0.0490. The van der Waals surface area contributed by atoms with Crippen molar-refractivity contribution < 1.29 is 19.1 Å². The molecule has 0 aliphatic heterocycles. The minimum atomic E-state index is -0.362. The first-order valence-electron chi connectivity index (χ1n) is 12.2. The molecule has 1 heterocycles. The van der Waals surface area contributed by atoms with Crippen molar-refractivity contribution in [2.45, 2.75) is 79.6 Å². The average molecular weight is 486 g/mol. The average Bonchev–Trinajstić information content (AvgIpc) is 3.07. The molecule has 1 aromatic heterocycles. The third-order valence-electron chi connectivity index (χ3n) is 6.22. The summed E-state index contributed by atoms with van der Waals surface area (Å²) >= 11 is 1.49. The lowest BCUT2D eigenvalue weighted by Gasteiger charge is -2.33. The molecule has 1 amide bonds. The van der Waals surface area contributed by atoms with Gasteiger partial charge in [0.05, 0.1) is 12.2 Å². The van der Waals surface area contributed by atoms with Crippen LogP contribution in [0.1, 0.15) is 87.7 Å². The normalized spacial score (nSPS) is 16.0. The van der Waals surface area contributed by atoms with Gasteiger partial charge in [0.25, 0.3) is 5.91 Å². The van der Waals surface area contributed by atoms with Crippen LogP contribution in [0.15, 0.2) is 24.3 Å². The van der Waals surface area contributed by atoms with Crippen LogP contribution in [0.25, 0.3) is 0 Å². The Balaban J connectivity index is 1.66. The lowest BCUT2D eigenvalue weighted by molar-refractivity contribution is -0.118. The highest BCUT2D eigenvalue weighted by Crippen LogP contribution is 2.40. The van der Waals surface area contributed by atoms with Crippen LogP contribution in [0.3, 0.4) is 0 Å². The Morgan fingerprint density at radius 1 is 1.12 bits per heavy atom. The number of nitrogens with one attached hydrogen (secondary N) is 1. The summed E-state index contributed by atoms with van der Waals surface area (Å²) in [6.45, 7) is 15.5. The van der Waals surface area contributed by atoms with Gasteiger partial charge >= 0.3 is 5.97 Å². The summed E-state index contributed by atoms with van der Waals surface area (Å²) in [7, 11) is 0. The molecule has 186 valence electrons. The summed E-state index contributed by atoms with van der Waals surface area (Å²) < 4.78 is 11.0. The zero-order valence-electron chi connectivity index (χ0n) is 21.7. The van der Waals surface area contributed by atoms with Gasteiger partial charge in [0.15, 0.2) is 6.61 Å². The van der Waals surface area contributed by atoms with E-state index in [1.54, 1.807) is 6.92 Å². The van der Waals surface area contributed by atoms with Crippen molar-refractivity contribution in [2.75, 3.05) is 18.5 Å². The topological polar surface area (TPSA) is 64.6 Å². The number of ether oxygens (including phenoxy) is 2. The van der Waals surface area contributed by atoms with Gasteiger partial charge < -0.3 is 14.8 Å². The minimum Gasteiger partial charge on any atom is -0.484 e. The number of fused-ring (bicyclic) bond motifs is 1. The van der Waals surface area contributed by atoms with Crippen LogP contribution >= 0.6 is 11.3 Å². The third-order valence-corrected chi connectivity index (χ3v) is 7.39. The molecule has 0 spiro atoms. The molecule has 1 aliphatic rings. The number of thiophene rings is 1. The van der Waals surface area contributed by atoms with E-state index in [2.05, 4.69) is 59.0 Å². The molecule has 0 radical (unpaired) electrons. The molecule has 1 N–H and O–H groups in total. The largest absolute Gasteiger partial charge is 0.484 e. The van der Waals surface area contributed by atoms with Gasteiger partial charge in [0.2, 0.25) is 0 Å². The zero-order chi connectivity index (χ0) is 25.1. The molecule has 1 atom stereocenters. The second-order valence-corrected chi connectivity index (χ2v) is 12.4. The summed E-state index contributed by atoms with van der Waals surface area (Å²) in [5.41, 5.74) is 3.08. The Kier molecular flexibility index (Phi) is 8.12. The van der Waals surface area contributed by atoms with Crippen LogP contribution in [0.4, 0.5) is 5.00 Å². The number of benzene rings is 1. The van der Waals surface area contributed by atoms with Crippen molar-refractivity contribution >= 4 is 28.2 Å². The maximum Gasteiger partial charge on any atom is 0.341 e. The molecule has 0 bridgehead atoms. The maximum atomic E-state index is 12.7. The van der Waals surface area contributed by atoms with Gasteiger partial charge in [-0.25, -0.2) is 4.79 Å². The van der Waals surface area contributed by atoms with Crippen molar-refractivity contribution in [3.05, 3.63) is 45.8 Å². The van der Waals surface area contributed by atoms with E-state index in [4.69, 9.17) is 9.47 Å². The van der Waals surface area contributed by atoms with Gasteiger partial charge in [-0.05, 0) is 72.6 Å². The molecule has 5 nitrogen and oxygen atoms in total. The molecule has 0 unspecified atom stereocenters. The monoisotopic (exact) mass is 485 g/mol. The van der Waals surface area contributed by atoms with Gasteiger partial charge in [0.1, 0.15) is 10.8 Å². The van der Waals surface area contributed by atoms with E-state index in [0.29, 0.717) is 28.8 Å². The molecule has 0 fully saturated rings. The SMILES string of the molecule is CCOC(=O)c1c(NC(=O)COc2ccc(C(C)(C)CC(C)(C)C)cc2)sc2c1CC[C@H](C)C2. The highest BCUT2D eigenvalue weighted by atomic mass is 32.1. The van der Waals surface area contributed by atoms with Gasteiger partial charge in [-0.15, -0.1) is 11.3 Å². The fourth-order valence-corrected chi connectivity index (χ4v) is 6.41. The van der Waals surface area contributed by atoms with Crippen LogP contribution < -0.4 is 10.1 Å². The lowest BCUT2D eigenvalue weighted by Crippen LogP contribution is -2.24. The van der Waals surface area contributed by atoms with E-state index < -0.39 is 0 Å². The van der Waals surface area contributed by atoms with E-state index >= 15 is 0 Å². The van der Waals surface area contributed by atoms with Gasteiger partial charge in [-0.3, -0.25) is 4.79 Å². The summed E-state index contributed by atoms with van der Waals surface area (Å²) in [5.74, 6) is 0.577. The van der Waals surface area contributed by atoms with Crippen LogP contribution in [0.2, 0.25) is 0 Å². The molecule has 34 heavy (non-hydrogen) atoms. The second kappa shape index (κ2) is 10.5. The fourth-order valence-electron chi connectivity index (χ4n) is 5.00. The molecule has 2 aromatic rings. The molecular weight excluding hydrogens is 446 g/mol. The van der Waals surface area contributed by atoms with Crippen LogP contribution in [-0.2, 0) is 27.8 Å². The smallest absolute Gasteiger partial charge is 0.341 e. The number of hydrogen-bond donors (Lipinski definition) is 1. The summed E-state index contributed by atoms with van der Waals surface area (Å²) in [5, 5.41) is 3.48. The third kappa shape index (κ3) is 6.62. The first kappa shape index (κ1) is 26.3. The molecule has 3 rings (SSSR count). The Labute approximate surface area is 208 Å². The molecule has 6 heteroatoms. The van der Waals surface area contributed by atoms with Gasteiger partial charge in [-0.2, -0.15) is 0 Å². The van der Waals surface area contributed by atoms with Gasteiger partial charge in [-0.1, -0.05) is 53.7 Å². The number of amides is 1. The molecular formula is C28H39NO4S. The van der Waals surface area contributed by atoms with E-state index in [1.165, 1.54) is 21.8 Å². The highest BCUT2D eigenvalue weighted by Gasteiger charge is 2.29. The van der Waals surface area contributed by atoms with E-state index in [-0.39, 0.29) is 29.3 Å². The first-order chi connectivity index (χ1) is 15.9. The van der Waals surface area contributed by atoms with Crippen molar-refractivity contribution in [2.24, 2.45) is 11.3 Å². The maximum absolute atomic E-state index is 12.7. The van der Waals surface area contributed by atoms with Crippen molar-refractivity contribution in [3.8, 4) is 5.75 Å². The van der Waals surface area contributed by atoms with Crippen LogP contribution in [0, 0.1) is 11.3 Å². The Hall–Kier alpha value is -2.34. The molecule has 1 aliphatic carbocycles. The van der Waals surface area contributed by atoms with E-state index in [1.807, 2.05) is 12.1 Å². The summed E-state index contributed by atoms with van der Waals surface area (Å²) in [4.78, 5) is 26.5. The van der Waals surface area contributed by atoms with Crippen molar-refractivity contribution in [1.29, 1.82) is 0 Å². The van der Waals surface area contributed by atoms with Gasteiger partial charge in [0, 0.05) is 4.88 Å². The number of carbonyl (C=O) groups is 2.